The summed E-state index contributed by atoms with van der Waals surface area (Å²) in [5.74, 6) is -2.16. The zero-order chi connectivity index (χ0) is 21.2. The van der Waals surface area contributed by atoms with Gasteiger partial charge in [-0.05, 0) is 55.5 Å². The molecule has 2 aromatic rings. The van der Waals surface area contributed by atoms with Crippen LogP contribution in [0.2, 0.25) is 0 Å². The van der Waals surface area contributed by atoms with E-state index in [1.54, 1.807) is 38.1 Å². The molecule has 0 bridgehead atoms. The molecule has 0 saturated carbocycles. The van der Waals surface area contributed by atoms with Crippen LogP contribution in [0.3, 0.4) is 0 Å². The number of amides is 2. The van der Waals surface area contributed by atoms with Crippen LogP contribution < -0.4 is 9.62 Å². The number of hydrogen-bond acceptors (Lipinski definition) is 6. The number of ether oxygens (including phenoxy) is 1. The second kappa shape index (κ2) is 8.04. The summed E-state index contributed by atoms with van der Waals surface area (Å²) >= 11 is 0. The van der Waals surface area contributed by atoms with Crippen molar-refractivity contribution in [1.82, 2.24) is 0 Å². The van der Waals surface area contributed by atoms with Crippen molar-refractivity contribution in [2.75, 3.05) is 22.0 Å². The van der Waals surface area contributed by atoms with Gasteiger partial charge in [0.05, 0.1) is 29.5 Å². The smallest absolute Gasteiger partial charge is 0.338 e. The lowest BCUT2D eigenvalue weighted by atomic mass is 10.1. The van der Waals surface area contributed by atoms with Crippen LogP contribution in [0.25, 0.3) is 0 Å². The Morgan fingerprint density at radius 3 is 2.17 bits per heavy atom. The van der Waals surface area contributed by atoms with Crippen molar-refractivity contribution < 1.29 is 27.5 Å². The van der Waals surface area contributed by atoms with Gasteiger partial charge in [-0.1, -0.05) is 6.92 Å². The second-order valence-corrected chi connectivity index (χ2v) is 8.44. The summed E-state index contributed by atoms with van der Waals surface area (Å²) in [4.78, 5) is 36.2. The number of esters is 1. The normalized spacial score (nSPS) is 17.8. The highest BCUT2D eigenvalue weighted by atomic mass is 32.2. The first-order chi connectivity index (χ1) is 13.7. The number of anilines is 2. The summed E-state index contributed by atoms with van der Waals surface area (Å²) in [6.07, 6.45) is 0. The molecule has 1 aliphatic rings. The lowest BCUT2D eigenvalue weighted by molar-refractivity contribution is -0.119. The van der Waals surface area contributed by atoms with Gasteiger partial charge in [0.1, 0.15) is 0 Å². The number of nitrogens with zero attached hydrogens (tertiary/aromatic N) is 1. The van der Waals surface area contributed by atoms with Crippen molar-refractivity contribution >= 4 is 39.2 Å². The van der Waals surface area contributed by atoms with Crippen LogP contribution in [-0.2, 0) is 19.6 Å². The number of hydrogen-bond donors (Lipinski definition) is 1. The maximum atomic E-state index is 12.4. The summed E-state index contributed by atoms with van der Waals surface area (Å²) in [7, 11) is -3.69. The summed E-state index contributed by atoms with van der Waals surface area (Å²) in [5, 5.41) is 2.69. The Bertz CT molecular complexity index is 1050. The van der Waals surface area contributed by atoms with Gasteiger partial charge in [-0.2, -0.15) is 0 Å². The fourth-order valence-corrected chi connectivity index (χ4v) is 4.76. The first-order valence-electron chi connectivity index (χ1n) is 8.98. The zero-order valence-corrected chi connectivity index (χ0v) is 16.7. The van der Waals surface area contributed by atoms with E-state index >= 15 is 0 Å². The van der Waals surface area contributed by atoms with Gasteiger partial charge in [0, 0.05) is 11.3 Å². The number of carbonyl (C=O) groups is 3. The molecule has 2 aromatic carbocycles. The van der Waals surface area contributed by atoms with Crippen molar-refractivity contribution in [3.63, 3.8) is 0 Å². The van der Waals surface area contributed by atoms with Gasteiger partial charge in [-0.15, -0.1) is 0 Å². The minimum atomic E-state index is -3.69. The molecule has 8 nitrogen and oxygen atoms in total. The van der Waals surface area contributed by atoms with E-state index in [-0.39, 0.29) is 18.0 Å². The van der Waals surface area contributed by atoms with Gasteiger partial charge in [0.15, 0.2) is 0 Å². The van der Waals surface area contributed by atoms with Crippen molar-refractivity contribution in [3.8, 4) is 0 Å². The number of sulfonamides is 1. The predicted octanol–water partition coefficient (Wildman–Crippen LogP) is 2.43. The third-order valence-corrected chi connectivity index (χ3v) is 6.25. The molecule has 1 atom stereocenters. The third-order valence-electron chi connectivity index (χ3n) is 4.38. The topological polar surface area (TPSA) is 110 Å². The largest absolute Gasteiger partial charge is 0.462 e. The molecule has 1 saturated heterocycles. The number of benzene rings is 2. The van der Waals surface area contributed by atoms with Gasteiger partial charge in [0.2, 0.25) is 15.9 Å². The molecule has 1 aliphatic heterocycles. The lowest BCUT2D eigenvalue weighted by Crippen LogP contribution is -2.30. The molecule has 3 rings (SSSR count). The average molecular weight is 416 g/mol. The van der Waals surface area contributed by atoms with Crippen LogP contribution in [0.5, 0.6) is 0 Å². The minimum absolute atomic E-state index is 0.203. The SMILES string of the molecule is CCOC(=O)c1ccc(NC(=O)c2ccc(N3C(=O)[C@@H](C)CS3(=O)=O)cc2)cc1. The fraction of sp³-hybridized carbons (Fsp3) is 0.250. The molecule has 29 heavy (non-hydrogen) atoms. The average Bonchev–Trinajstić information content (AvgIpc) is 2.89. The van der Waals surface area contributed by atoms with Crippen molar-refractivity contribution in [3.05, 3.63) is 59.7 Å². The Morgan fingerprint density at radius 1 is 1.07 bits per heavy atom. The van der Waals surface area contributed by atoms with E-state index in [1.807, 2.05) is 0 Å². The Kier molecular flexibility index (Phi) is 5.69. The summed E-state index contributed by atoms with van der Waals surface area (Å²) in [6.45, 7) is 3.55. The predicted molar refractivity (Wildman–Crippen MR) is 107 cm³/mol. The summed E-state index contributed by atoms with van der Waals surface area (Å²) in [5.41, 5.74) is 1.35. The van der Waals surface area contributed by atoms with E-state index in [0.717, 1.165) is 4.31 Å². The van der Waals surface area contributed by atoms with Gasteiger partial charge in [0.25, 0.3) is 5.91 Å². The highest BCUT2D eigenvalue weighted by Crippen LogP contribution is 2.28. The standard InChI is InChI=1S/C20H20N2O6S/c1-3-28-20(25)15-4-8-16(9-5-15)21-18(23)14-6-10-17(11-7-14)22-19(24)13(2)12-29(22,26)27/h4-11,13H,3,12H2,1-2H3,(H,21,23)/t13-/m0/s1. The molecule has 0 aliphatic carbocycles. The van der Waals surface area contributed by atoms with E-state index in [0.29, 0.717) is 16.8 Å². The van der Waals surface area contributed by atoms with Gasteiger partial charge >= 0.3 is 5.97 Å². The molecule has 9 heteroatoms. The van der Waals surface area contributed by atoms with Crippen molar-refractivity contribution in [2.24, 2.45) is 5.92 Å². The third kappa shape index (κ3) is 4.29. The molecule has 1 fully saturated rings. The molecule has 152 valence electrons. The van der Waals surface area contributed by atoms with E-state index in [4.69, 9.17) is 4.74 Å². The summed E-state index contributed by atoms with van der Waals surface area (Å²) in [6, 6.07) is 12.0. The monoisotopic (exact) mass is 416 g/mol. The van der Waals surface area contributed by atoms with E-state index < -0.39 is 33.7 Å². The van der Waals surface area contributed by atoms with Crippen molar-refractivity contribution in [2.45, 2.75) is 13.8 Å². The molecule has 0 aromatic heterocycles. The Morgan fingerprint density at radius 2 is 1.66 bits per heavy atom. The zero-order valence-electron chi connectivity index (χ0n) is 15.9. The van der Waals surface area contributed by atoms with Gasteiger partial charge in [-0.3, -0.25) is 9.59 Å². The molecular formula is C20H20N2O6S. The number of carbonyl (C=O) groups excluding carboxylic acids is 3. The first kappa shape index (κ1) is 20.5. The van der Waals surface area contributed by atoms with Crippen LogP contribution in [0, 0.1) is 5.92 Å². The molecule has 0 radical (unpaired) electrons. The first-order valence-corrected chi connectivity index (χ1v) is 10.6. The highest BCUT2D eigenvalue weighted by Gasteiger charge is 2.41. The van der Waals surface area contributed by atoms with Crippen LogP contribution in [0.4, 0.5) is 11.4 Å². The Balaban J connectivity index is 1.71. The van der Waals surface area contributed by atoms with Gasteiger partial charge < -0.3 is 10.1 Å². The van der Waals surface area contributed by atoms with Crippen LogP contribution in [0.1, 0.15) is 34.6 Å². The van der Waals surface area contributed by atoms with Crippen LogP contribution >= 0.6 is 0 Å². The van der Waals surface area contributed by atoms with Gasteiger partial charge in [-0.25, -0.2) is 17.5 Å². The number of rotatable bonds is 5. The molecule has 2 amide bonds. The Labute approximate surface area is 168 Å². The van der Waals surface area contributed by atoms with E-state index in [2.05, 4.69) is 5.32 Å². The lowest BCUT2D eigenvalue weighted by Gasteiger charge is -2.15. The highest BCUT2D eigenvalue weighted by molar-refractivity contribution is 7.94. The maximum Gasteiger partial charge on any atom is 0.338 e. The fourth-order valence-electron chi connectivity index (χ4n) is 2.94. The quantitative estimate of drug-likeness (QED) is 0.750. The molecule has 0 spiro atoms. The summed E-state index contributed by atoms with van der Waals surface area (Å²) < 4.78 is 30.0. The van der Waals surface area contributed by atoms with Crippen LogP contribution in [-0.4, -0.2) is 38.6 Å². The molecule has 1 heterocycles. The molecule has 0 unspecified atom stereocenters. The molecular weight excluding hydrogens is 396 g/mol. The minimum Gasteiger partial charge on any atom is -0.462 e. The second-order valence-electron chi connectivity index (χ2n) is 6.58. The van der Waals surface area contributed by atoms with Crippen LogP contribution in [0.15, 0.2) is 48.5 Å². The van der Waals surface area contributed by atoms with E-state index in [1.165, 1.54) is 24.3 Å². The number of nitrogens with one attached hydrogen (secondary N) is 1. The van der Waals surface area contributed by atoms with E-state index in [9.17, 15) is 22.8 Å². The maximum absolute atomic E-state index is 12.4. The molecule has 1 N–H and O–H groups in total. The Hall–Kier alpha value is -3.20. The van der Waals surface area contributed by atoms with Crippen molar-refractivity contribution in [1.29, 1.82) is 0 Å².